The minimum Gasteiger partial charge on any atom is -0.508 e. The molecule has 1 aromatic heterocycles. The number of benzene rings is 2. The number of carbonyl (C=O) groups is 1. The highest BCUT2D eigenvalue weighted by molar-refractivity contribution is 6.30. The van der Waals surface area contributed by atoms with Crippen molar-refractivity contribution in [1.29, 1.82) is 0 Å². The Morgan fingerprint density at radius 3 is 2.66 bits per heavy atom. The molecule has 1 aliphatic carbocycles. The van der Waals surface area contributed by atoms with Crippen LogP contribution in [0.2, 0.25) is 5.02 Å². The first-order chi connectivity index (χ1) is 14.0. The predicted molar refractivity (Wildman–Crippen MR) is 113 cm³/mol. The number of halogens is 1. The summed E-state index contributed by atoms with van der Waals surface area (Å²) in [7, 11) is 0. The molecule has 2 heterocycles. The Labute approximate surface area is 173 Å². The van der Waals surface area contributed by atoms with E-state index in [4.69, 9.17) is 16.7 Å². The van der Waals surface area contributed by atoms with E-state index in [-0.39, 0.29) is 11.5 Å². The third-order valence-corrected chi connectivity index (χ3v) is 5.95. The molecule has 2 N–H and O–H groups in total. The van der Waals surface area contributed by atoms with E-state index in [1.807, 2.05) is 48.0 Å². The fraction of sp³-hybridized carbons (Fsp3) is 0.217. The summed E-state index contributed by atoms with van der Waals surface area (Å²) in [5.41, 5.74) is 5.15. The van der Waals surface area contributed by atoms with Gasteiger partial charge in [0.1, 0.15) is 17.6 Å². The number of rotatable bonds is 2. The third kappa shape index (κ3) is 2.85. The van der Waals surface area contributed by atoms with Crippen LogP contribution in [0.25, 0.3) is 11.1 Å². The van der Waals surface area contributed by atoms with Crippen molar-refractivity contribution in [3.8, 4) is 16.9 Å². The molecular weight excluding hydrogens is 386 g/mol. The lowest BCUT2D eigenvalue weighted by Crippen LogP contribution is -2.31. The van der Waals surface area contributed by atoms with Gasteiger partial charge in [0.2, 0.25) is 0 Å². The number of aryl methyl sites for hydroxylation is 1. The summed E-state index contributed by atoms with van der Waals surface area (Å²) in [6.45, 7) is 1.96. The molecule has 0 fully saturated rings. The number of carbonyl (C=O) groups excluding carboxylic acids is 1. The third-order valence-electron chi connectivity index (χ3n) is 5.69. The van der Waals surface area contributed by atoms with E-state index < -0.39 is 6.04 Å². The second kappa shape index (κ2) is 6.78. The summed E-state index contributed by atoms with van der Waals surface area (Å²) in [4.78, 5) is 12.9. The van der Waals surface area contributed by atoms with Crippen molar-refractivity contribution < 1.29 is 9.90 Å². The number of hydrogen-bond acceptors (Lipinski definition) is 4. The zero-order chi connectivity index (χ0) is 20.1. The number of allylic oxidation sites excluding steroid dienone is 2. The number of aromatic nitrogens is 2. The molecule has 0 radical (unpaired) electrons. The van der Waals surface area contributed by atoms with Gasteiger partial charge in [0.15, 0.2) is 5.78 Å². The minimum atomic E-state index is -0.449. The van der Waals surface area contributed by atoms with Crippen molar-refractivity contribution in [2.75, 3.05) is 5.32 Å². The highest BCUT2D eigenvalue weighted by Gasteiger charge is 2.38. The van der Waals surface area contributed by atoms with Gasteiger partial charge in [-0.1, -0.05) is 41.9 Å². The molecule has 146 valence electrons. The first-order valence-corrected chi connectivity index (χ1v) is 10.1. The van der Waals surface area contributed by atoms with Crippen molar-refractivity contribution >= 4 is 23.2 Å². The van der Waals surface area contributed by atoms with Gasteiger partial charge in [-0.2, -0.15) is 5.10 Å². The van der Waals surface area contributed by atoms with Gasteiger partial charge < -0.3 is 10.4 Å². The van der Waals surface area contributed by atoms with Crippen LogP contribution < -0.4 is 5.32 Å². The smallest absolute Gasteiger partial charge is 0.163 e. The number of phenols is 1. The predicted octanol–water partition coefficient (Wildman–Crippen LogP) is 5.24. The Kier molecular flexibility index (Phi) is 4.21. The molecule has 5 rings (SSSR count). The van der Waals surface area contributed by atoms with Crippen LogP contribution in [-0.2, 0) is 4.79 Å². The van der Waals surface area contributed by atoms with Crippen LogP contribution >= 0.6 is 11.6 Å². The second-order valence-electron chi connectivity index (χ2n) is 7.52. The molecule has 1 atom stereocenters. The molecule has 0 saturated heterocycles. The molecular formula is C23H20ClN3O2. The van der Waals surface area contributed by atoms with Crippen LogP contribution in [0.4, 0.5) is 5.82 Å². The standard InChI is InChI=1S/C23H20ClN3O2/c1-13-20(14-9-11-15(24)12-10-14)23-25-17-6-4-8-19(29)21(17)22(27(23)26-13)16-5-2-3-7-18(16)28/h2-3,5,7,9-12,22,25,28H,4,6,8H2,1H3. The van der Waals surface area contributed by atoms with Gasteiger partial charge >= 0.3 is 0 Å². The Hall–Kier alpha value is -3.05. The molecule has 0 bridgehead atoms. The molecule has 0 spiro atoms. The summed E-state index contributed by atoms with van der Waals surface area (Å²) in [6, 6.07) is 14.4. The Bertz CT molecular complexity index is 1160. The average Bonchev–Trinajstić information content (AvgIpc) is 3.03. The van der Waals surface area contributed by atoms with E-state index in [9.17, 15) is 9.90 Å². The zero-order valence-corrected chi connectivity index (χ0v) is 16.7. The van der Waals surface area contributed by atoms with E-state index in [0.717, 1.165) is 41.2 Å². The van der Waals surface area contributed by atoms with Crippen LogP contribution in [0.3, 0.4) is 0 Å². The number of fused-ring (bicyclic) bond motifs is 1. The number of hydrogen-bond donors (Lipinski definition) is 2. The molecule has 5 nitrogen and oxygen atoms in total. The minimum absolute atomic E-state index is 0.110. The van der Waals surface area contributed by atoms with Gasteiger partial charge in [-0.3, -0.25) is 4.79 Å². The number of para-hydroxylation sites is 1. The van der Waals surface area contributed by atoms with Crippen molar-refractivity contribution in [2.45, 2.75) is 32.2 Å². The number of phenolic OH excluding ortho intramolecular Hbond substituents is 1. The number of nitrogens with zero attached hydrogens (tertiary/aromatic N) is 2. The normalized spacial score (nSPS) is 18.3. The fourth-order valence-corrected chi connectivity index (χ4v) is 4.52. The van der Waals surface area contributed by atoms with Crippen LogP contribution in [0.1, 0.15) is 36.6 Å². The number of nitrogens with one attached hydrogen (secondary N) is 1. The maximum absolute atomic E-state index is 12.9. The Morgan fingerprint density at radius 2 is 1.90 bits per heavy atom. The van der Waals surface area contributed by atoms with Crippen LogP contribution in [-0.4, -0.2) is 20.7 Å². The van der Waals surface area contributed by atoms with Crippen LogP contribution in [0, 0.1) is 6.92 Å². The number of Topliss-reactive ketones (excluding diaryl/α,β-unsaturated/α-hetero) is 1. The summed E-state index contributed by atoms with van der Waals surface area (Å²) in [6.07, 6.45) is 2.14. The molecule has 2 aliphatic rings. The summed E-state index contributed by atoms with van der Waals surface area (Å²) >= 11 is 6.07. The number of anilines is 1. The topological polar surface area (TPSA) is 67.2 Å². The summed E-state index contributed by atoms with van der Waals surface area (Å²) in [5, 5.41) is 19.5. The van der Waals surface area contributed by atoms with E-state index in [2.05, 4.69) is 5.32 Å². The van der Waals surface area contributed by atoms with Gasteiger partial charge in [0.25, 0.3) is 0 Å². The van der Waals surface area contributed by atoms with E-state index in [0.29, 0.717) is 22.6 Å². The molecule has 0 saturated carbocycles. The van der Waals surface area contributed by atoms with Crippen molar-refractivity contribution in [2.24, 2.45) is 0 Å². The highest BCUT2D eigenvalue weighted by atomic mass is 35.5. The van der Waals surface area contributed by atoms with Crippen LogP contribution in [0.15, 0.2) is 59.8 Å². The Morgan fingerprint density at radius 1 is 1.14 bits per heavy atom. The summed E-state index contributed by atoms with van der Waals surface area (Å²) in [5.74, 6) is 1.11. The van der Waals surface area contributed by atoms with Crippen molar-refractivity contribution in [1.82, 2.24) is 9.78 Å². The maximum Gasteiger partial charge on any atom is 0.163 e. The number of ketones is 1. The van der Waals surface area contributed by atoms with E-state index >= 15 is 0 Å². The van der Waals surface area contributed by atoms with E-state index in [1.54, 1.807) is 12.1 Å². The molecule has 1 unspecified atom stereocenters. The molecule has 1 aliphatic heterocycles. The second-order valence-corrected chi connectivity index (χ2v) is 7.95. The Balaban J connectivity index is 1.76. The monoisotopic (exact) mass is 405 g/mol. The largest absolute Gasteiger partial charge is 0.508 e. The molecule has 29 heavy (non-hydrogen) atoms. The fourth-order valence-electron chi connectivity index (χ4n) is 4.40. The van der Waals surface area contributed by atoms with Crippen LogP contribution in [0.5, 0.6) is 5.75 Å². The van der Waals surface area contributed by atoms with Gasteiger partial charge in [-0.05, 0) is 43.5 Å². The lowest BCUT2D eigenvalue weighted by Gasteiger charge is -2.33. The summed E-state index contributed by atoms with van der Waals surface area (Å²) < 4.78 is 1.84. The van der Waals surface area contributed by atoms with Gasteiger partial charge in [0, 0.05) is 33.8 Å². The van der Waals surface area contributed by atoms with Gasteiger partial charge in [0.05, 0.1) is 5.69 Å². The van der Waals surface area contributed by atoms with Crippen molar-refractivity contribution in [3.05, 3.63) is 76.1 Å². The quantitative estimate of drug-likeness (QED) is 0.611. The SMILES string of the molecule is Cc1nn2c(c1-c1ccc(Cl)cc1)NC1=C(C(=O)CCC1)C2c1ccccc1O. The lowest BCUT2D eigenvalue weighted by atomic mass is 9.85. The lowest BCUT2D eigenvalue weighted by molar-refractivity contribution is -0.116. The zero-order valence-electron chi connectivity index (χ0n) is 15.9. The highest BCUT2D eigenvalue weighted by Crippen LogP contribution is 2.46. The van der Waals surface area contributed by atoms with Crippen molar-refractivity contribution in [3.63, 3.8) is 0 Å². The molecule has 3 aromatic rings. The first-order valence-electron chi connectivity index (χ1n) is 9.71. The first kappa shape index (κ1) is 18.0. The molecule has 0 amide bonds. The molecule has 2 aromatic carbocycles. The average molecular weight is 406 g/mol. The van der Waals surface area contributed by atoms with E-state index in [1.165, 1.54) is 0 Å². The van der Waals surface area contributed by atoms with Gasteiger partial charge in [-0.15, -0.1) is 0 Å². The molecule has 6 heteroatoms. The van der Waals surface area contributed by atoms with Gasteiger partial charge in [-0.25, -0.2) is 4.68 Å². The number of aromatic hydroxyl groups is 1. The maximum atomic E-state index is 12.9.